The van der Waals surface area contributed by atoms with Crippen LogP contribution in [-0.2, 0) is 9.59 Å². The highest BCUT2D eigenvalue weighted by molar-refractivity contribution is 5.97. The molecule has 0 spiro atoms. The van der Waals surface area contributed by atoms with Crippen molar-refractivity contribution in [3.05, 3.63) is 11.8 Å². The Bertz CT molecular complexity index is 678. The molecule has 2 atom stereocenters. The maximum atomic E-state index is 12.4. The van der Waals surface area contributed by atoms with Crippen LogP contribution in [-0.4, -0.2) is 53.8 Å². The Morgan fingerprint density at radius 3 is 2.81 bits per heavy atom. The van der Waals surface area contributed by atoms with Crippen molar-refractivity contribution in [1.29, 1.82) is 5.26 Å². The highest BCUT2D eigenvalue weighted by Crippen LogP contribution is 2.52. The lowest BCUT2D eigenvalue weighted by Gasteiger charge is -2.39. The number of carbonyl (C=O) groups is 2. The number of hydrogen-bond acceptors (Lipinski definition) is 4. The lowest BCUT2D eigenvalue weighted by molar-refractivity contribution is -0.127. The van der Waals surface area contributed by atoms with Crippen LogP contribution in [0.5, 0.6) is 0 Å². The minimum Gasteiger partial charge on any atom is -0.373 e. The van der Waals surface area contributed by atoms with Crippen LogP contribution in [0.25, 0.3) is 0 Å². The van der Waals surface area contributed by atoms with Crippen LogP contribution in [0.15, 0.2) is 11.8 Å². The van der Waals surface area contributed by atoms with Gasteiger partial charge in [-0.05, 0) is 42.9 Å². The molecule has 2 amide bonds. The summed E-state index contributed by atoms with van der Waals surface area (Å²) in [5.41, 5.74) is 0.756. The number of likely N-dealkylation sites (tertiary alicyclic amines) is 2. The molecule has 148 valence electrons. The van der Waals surface area contributed by atoms with Gasteiger partial charge in [0.05, 0.1) is 0 Å². The van der Waals surface area contributed by atoms with Gasteiger partial charge < -0.3 is 15.1 Å². The van der Waals surface area contributed by atoms with E-state index in [-0.39, 0.29) is 22.8 Å². The molecule has 1 aliphatic carbocycles. The monoisotopic (exact) mass is 372 g/mol. The van der Waals surface area contributed by atoms with Crippen LogP contribution in [0.3, 0.4) is 0 Å². The molecule has 6 heteroatoms. The molecule has 2 heterocycles. The number of amides is 2. The summed E-state index contributed by atoms with van der Waals surface area (Å²) in [6.07, 6.45) is 7.48. The average Bonchev–Trinajstić information content (AvgIpc) is 3.08. The van der Waals surface area contributed by atoms with Crippen molar-refractivity contribution in [2.45, 2.75) is 65.3 Å². The number of fused-ring (bicyclic) bond motifs is 2. The molecule has 0 radical (unpaired) electrons. The number of hydrogen-bond donors (Lipinski definition) is 1. The molecule has 3 fully saturated rings. The number of carbonyl (C=O) groups excluding carboxylic acids is 2. The third-order valence-corrected chi connectivity index (χ3v) is 6.18. The van der Waals surface area contributed by atoms with Crippen LogP contribution in [0, 0.1) is 22.2 Å². The first-order valence-corrected chi connectivity index (χ1v) is 10.2. The van der Waals surface area contributed by atoms with Crippen LogP contribution >= 0.6 is 0 Å². The van der Waals surface area contributed by atoms with E-state index >= 15 is 0 Å². The van der Waals surface area contributed by atoms with Gasteiger partial charge in [-0.1, -0.05) is 20.8 Å². The first-order chi connectivity index (χ1) is 12.7. The van der Waals surface area contributed by atoms with E-state index in [9.17, 15) is 14.9 Å². The van der Waals surface area contributed by atoms with Crippen LogP contribution in [0.4, 0.5) is 0 Å². The normalized spacial score (nSPS) is 29.8. The zero-order valence-electron chi connectivity index (χ0n) is 16.9. The van der Waals surface area contributed by atoms with Gasteiger partial charge in [-0.15, -0.1) is 0 Å². The van der Waals surface area contributed by atoms with E-state index in [1.807, 2.05) is 4.90 Å². The van der Waals surface area contributed by atoms with Gasteiger partial charge in [0.1, 0.15) is 11.6 Å². The molecule has 3 rings (SSSR count). The van der Waals surface area contributed by atoms with Crippen molar-refractivity contribution in [2.75, 3.05) is 26.2 Å². The first-order valence-electron chi connectivity index (χ1n) is 10.2. The Balaban J connectivity index is 1.52. The summed E-state index contributed by atoms with van der Waals surface area (Å²) in [6.45, 7) is 9.84. The Morgan fingerprint density at radius 1 is 1.37 bits per heavy atom. The van der Waals surface area contributed by atoms with Crippen LogP contribution in [0.2, 0.25) is 0 Å². The predicted octanol–water partition coefficient (Wildman–Crippen LogP) is 2.42. The average molecular weight is 373 g/mol. The smallest absolute Gasteiger partial charge is 0.263 e. The molecule has 0 aromatic rings. The van der Waals surface area contributed by atoms with E-state index in [4.69, 9.17) is 0 Å². The van der Waals surface area contributed by atoms with Gasteiger partial charge in [0, 0.05) is 44.8 Å². The maximum absolute atomic E-state index is 12.4. The Morgan fingerprint density at radius 2 is 2.15 bits per heavy atom. The van der Waals surface area contributed by atoms with E-state index in [0.717, 1.165) is 38.8 Å². The van der Waals surface area contributed by atoms with Gasteiger partial charge in [0.25, 0.3) is 5.91 Å². The topological polar surface area (TPSA) is 76.4 Å². The van der Waals surface area contributed by atoms with Crippen molar-refractivity contribution in [3.8, 4) is 6.07 Å². The number of rotatable bonds is 6. The third-order valence-electron chi connectivity index (χ3n) is 6.18. The van der Waals surface area contributed by atoms with Crippen molar-refractivity contribution >= 4 is 11.8 Å². The summed E-state index contributed by atoms with van der Waals surface area (Å²) in [5, 5.41) is 12.3. The summed E-state index contributed by atoms with van der Waals surface area (Å²) >= 11 is 0. The second-order valence-electron chi connectivity index (χ2n) is 9.63. The van der Waals surface area contributed by atoms with Crippen molar-refractivity contribution < 1.29 is 9.59 Å². The van der Waals surface area contributed by atoms with E-state index in [2.05, 4.69) is 37.1 Å². The molecule has 2 bridgehead atoms. The first kappa shape index (κ1) is 19.7. The molecule has 6 nitrogen and oxygen atoms in total. The second kappa shape index (κ2) is 7.53. The molecule has 1 saturated carbocycles. The van der Waals surface area contributed by atoms with Gasteiger partial charge in [-0.25, -0.2) is 0 Å². The zero-order valence-corrected chi connectivity index (χ0v) is 16.9. The van der Waals surface area contributed by atoms with E-state index in [1.54, 1.807) is 6.20 Å². The van der Waals surface area contributed by atoms with Gasteiger partial charge in [-0.3, -0.25) is 9.59 Å². The fourth-order valence-electron chi connectivity index (χ4n) is 5.47. The molecular formula is C21H32N4O2. The molecule has 0 aromatic carbocycles. The van der Waals surface area contributed by atoms with Crippen molar-refractivity contribution in [1.82, 2.24) is 15.1 Å². The Kier molecular flexibility index (Phi) is 5.50. The fourth-order valence-corrected chi connectivity index (χ4v) is 5.47. The minimum absolute atomic E-state index is 0.182. The molecule has 2 aliphatic heterocycles. The zero-order chi connectivity index (χ0) is 19.7. The van der Waals surface area contributed by atoms with Crippen LogP contribution < -0.4 is 5.32 Å². The lowest BCUT2D eigenvalue weighted by Crippen LogP contribution is -2.34. The third kappa shape index (κ3) is 4.63. The van der Waals surface area contributed by atoms with E-state index in [1.165, 1.54) is 6.42 Å². The number of nitrogens with zero attached hydrogens (tertiary/aromatic N) is 3. The summed E-state index contributed by atoms with van der Waals surface area (Å²) in [6, 6.07) is 2.49. The molecule has 2 saturated heterocycles. The molecule has 1 N–H and O–H groups in total. The quantitative estimate of drug-likeness (QED) is 0.441. The highest BCUT2D eigenvalue weighted by atomic mass is 16.2. The summed E-state index contributed by atoms with van der Waals surface area (Å²) < 4.78 is 0. The van der Waals surface area contributed by atoms with Gasteiger partial charge in [-0.2, -0.15) is 5.26 Å². The highest BCUT2D eigenvalue weighted by Gasteiger charge is 2.48. The van der Waals surface area contributed by atoms with Crippen LogP contribution in [0.1, 0.15) is 59.3 Å². The van der Waals surface area contributed by atoms with E-state index < -0.39 is 0 Å². The predicted molar refractivity (Wildman–Crippen MR) is 103 cm³/mol. The minimum atomic E-state index is -0.309. The van der Waals surface area contributed by atoms with Gasteiger partial charge >= 0.3 is 0 Å². The maximum Gasteiger partial charge on any atom is 0.263 e. The standard InChI is InChI=1S/C21H32N4O2/c1-20(2)10-17-11-21(3,14-20)15-25(17)13-16(12-22)19(27)23-7-5-9-24-8-4-6-18(24)26/h13,17H,4-11,14-15H2,1-3H3,(H,23,27)/b16-13-. The number of nitriles is 1. The largest absolute Gasteiger partial charge is 0.373 e. The van der Waals surface area contributed by atoms with Crippen molar-refractivity contribution in [3.63, 3.8) is 0 Å². The van der Waals surface area contributed by atoms with Gasteiger partial charge in [0.2, 0.25) is 5.91 Å². The SMILES string of the molecule is CC1(C)CC2CC(C)(CN2/C=C(/C#N)C(=O)NCCCN2CCCC2=O)C1. The summed E-state index contributed by atoms with van der Waals surface area (Å²) in [4.78, 5) is 28.1. The van der Waals surface area contributed by atoms with Crippen molar-refractivity contribution in [2.24, 2.45) is 10.8 Å². The summed E-state index contributed by atoms with van der Waals surface area (Å²) in [7, 11) is 0. The molecule has 0 aromatic heterocycles. The molecule has 3 aliphatic rings. The van der Waals surface area contributed by atoms with Gasteiger partial charge in [0.15, 0.2) is 0 Å². The molecule has 27 heavy (non-hydrogen) atoms. The fraction of sp³-hybridized carbons (Fsp3) is 0.762. The van der Waals surface area contributed by atoms with E-state index in [0.29, 0.717) is 31.0 Å². The molecular weight excluding hydrogens is 340 g/mol. The Hall–Kier alpha value is -2.03. The second-order valence-corrected chi connectivity index (χ2v) is 9.63. The Labute approximate surface area is 162 Å². The number of nitrogens with one attached hydrogen (secondary N) is 1. The molecule has 2 unspecified atom stereocenters. The lowest BCUT2D eigenvalue weighted by atomic mass is 9.65. The summed E-state index contributed by atoms with van der Waals surface area (Å²) in [5.74, 6) is -0.105.